The van der Waals surface area contributed by atoms with Crippen LogP contribution in [0.3, 0.4) is 0 Å². The largest absolute Gasteiger partial charge is 0.368 e. The minimum Gasteiger partial charge on any atom is -0.368 e. The second-order valence-electron chi connectivity index (χ2n) is 6.29. The highest BCUT2D eigenvalue weighted by Gasteiger charge is 2.43. The summed E-state index contributed by atoms with van der Waals surface area (Å²) in [4.78, 5) is 6.54. The Morgan fingerprint density at radius 2 is 2.04 bits per heavy atom. The standard InChI is InChI=1S/C18H18Cl2N2O/c19-16-6-5-14(17(20)21-16)11-22-9-10-23-18(12-22)8-7-13-3-1-2-4-15(13)18/h1-6H,7-12H2. The van der Waals surface area contributed by atoms with E-state index in [4.69, 9.17) is 27.9 Å². The van der Waals surface area contributed by atoms with Crippen LogP contribution in [0.5, 0.6) is 0 Å². The van der Waals surface area contributed by atoms with Crippen LogP contribution in [0.25, 0.3) is 0 Å². The van der Waals surface area contributed by atoms with Gasteiger partial charge in [0.05, 0.1) is 6.61 Å². The Morgan fingerprint density at radius 1 is 1.17 bits per heavy atom. The molecule has 1 aromatic carbocycles. The smallest absolute Gasteiger partial charge is 0.135 e. The van der Waals surface area contributed by atoms with Crippen molar-refractivity contribution in [2.24, 2.45) is 0 Å². The molecule has 120 valence electrons. The van der Waals surface area contributed by atoms with E-state index in [-0.39, 0.29) is 5.60 Å². The van der Waals surface area contributed by atoms with Crippen LogP contribution in [0.1, 0.15) is 23.1 Å². The summed E-state index contributed by atoms with van der Waals surface area (Å²) in [5, 5.41) is 0.923. The SMILES string of the molecule is Clc1ccc(CN2CCOC3(CCc4ccccc43)C2)c(Cl)n1. The molecule has 2 aromatic rings. The van der Waals surface area contributed by atoms with Gasteiger partial charge in [0.15, 0.2) is 0 Å². The fourth-order valence-electron chi connectivity index (χ4n) is 3.76. The molecule has 23 heavy (non-hydrogen) atoms. The van der Waals surface area contributed by atoms with E-state index >= 15 is 0 Å². The van der Waals surface area contributed by atoms with Crippen molar-refractivity contribution in [1.82, 2.24) is 9.88 Å². The summed E-state index contributed by atoms with van der Waals surface area (Å²) in [6.45, 7) is 3.31. The van der Waals surface area contributed by atoms with Gasteiger partial charge in [0, 0.05) is 25.2 Å². The molecule has 0 saturated carbocycles. The van der Waals surface area contributed by atoms with Crippen LogP contribution in [-0.2, 0) is 23.3 Å². The summed E-state index contributed by atoms with van der Waals surface area (Å²) in [5.74, 6) is 0. The molecule has 3 nitrogen and oxygen atoms in total. The lowest BCUT2D eigenvalue weighted by atomic mass is 9.93. The zero-order chi connectivity index (χ0) is 15.9. The van der Waals surface area contributed by atoms with Crippen LogP contribution in [0.4, 0.5) is 0 Å². The molecule has 1 aliphatic carbocycles. The molecule has 0 N–H and O–H groups in total. The predicted octanol–water partition coefficient (Wildman–Crippen LogP) is 4.06. The summed E-state index contributed by atoms with van der Waals surface area (Å²) in [5.41, 5.74) is 3.62. The molecule has 0 amide bonds. The molecule has 0 bridgehead atoms. The summed E-state index contributed by atoms with van der Waals surface area (Å²) in [6, 6.07) is 12.4. The monoisotopic (exact) mass is 348 g/mol. The average molecular weight is 349 g/mol. The van der Waals surface area contributed by atoms with E-state index in [2.05, 4.69) is 34.1 Å². The maximum atomic E-state index is 6.26. The number of benzene rings is 1. The lowest BCUT2D eigenvalue weighted by molar-refractivity contribution is -0.115. The van der Waals surface area contributed by atoms with E-state index in [1.54, 1.807) is 6.07 Å². The zero-order valence-electron chi connectivity index (χ0n) is 12.8. The maximum absolute atomic E-state index is 6.26. The van der Waals surface area contributed by atoms with Gasteiger partial charge in [-0.1, -0.05) is 53.5 Å². The summed E-state index contributed by atoms with van der Waals surface area (Å²) < 4.78 is 6.26. The van der Waals surface area contributed by atoms with Crippen molar-refractivity contribution in [2.45, 2.75) is 25.0 Å². The first-order valence-corrected chi connectivity index (χ1v) is 8.67. The number of ether oxygens (including phenoxy) is 1. The molecule has 1 aliphatic heterocycles. The first kappa shape index (κ1) is 15.4. The van der Waals surface area contributed by atoms with Crippen LogP contribution in [0, 0.1) is 0 Å². The topological polar surface area (TPSA) is 25.4 Å². The Morgan fingerprint density at radius 3 is 2.91 bits per heavy atom. The van der Waals surface area contributed by atoms with Crippen molar-refractivity contribution in [3.05, 3.63) is 63.4 Å². The molecule has 2 aliphatic rings. The van der Waals surface area contributed by atoms with Gasteiger partial charge in [-0.2, -0.15) is 0 Å². The molecule has 1 fully saturated rings. The van der Waals surface area contributed by atoms with Gasteiger partial charge in [0.1, 0.15) is 15.9 Å². The van der Waals surface area contributed by atoms with Crippen LogP contribution in [0.2, 0.25) is 10.3 Å². The fraction of sp³-hybridized carbons (Fsp3) is 0.389. The second kappa shape index (κ2) is 6.06. The molecule has 5 heteroatoms. The number of aromatic nitrogens is 1. The predicted molar refractivity (Wildman–Crippen MR) is 91.9 cm³/mol. The molecule has 4 rings (SSSR count). The first-order valence-electron chi connectivity index (χ1n) is 7.92. The molecular weight excluding hydrogens is 331 g/mol. The third-order valence-corrected chi connectivity index (χ3v) is 5.39. The van der Waals surface area contributed by atoms with Crippen molar-refractivity contribution < 1.29 is 4.74 Å². The number of nitrogens with zero attached hydrogens (tertiary/aromatic N) is 2. The quantitative estimate of drug-likeness (QED) is 0.765. The maximum Gasteiger partial charge on any atom is 0.135 e. The van der Waals surface area contributed by atoms with Crippen LogP contribution in [0.15, 0.2) is 36.4 Å². The van der Waals surface area contributed by atoms with Gasteiger partial charge in [-0.3, -0.25) is 4.90 Å². The van der Waals surface area contributed by atoms with E-state index in [1.807, 2.05) is 6.07 Å². The average Bonchev–Trinajstić information content (AvgIpc) is 2.89. The zero-order valence-corrected chi connectivity index (χ0v) is 14.3. The number of hydrogen-bond donors (Lipinski definition) is 0. The van der Waals surface area contributed by atoms with Gasteiger partial charge in [-0.15, -0.1) is 0 Å². The lowest BCUT2D eigenvalue weighted by Crippen LogP contribution is -2.48. The summed E-state index contributed by atoms with van der Waals surface area (Å²) in [7, 11) is 0. The molecule has 1 unspecified atom stereocenters. The highest BCUT2D eigenvalue weighted by Crippen LogP contribution is 2.42. The minimum atomic E-state index is -0.166. The van der Waals surface area contributed by atoms with Gasteiger partial charge in [0.2, 0.25) is 0 Å². The molecule has 1 atom stereocenters. The number of fused-ring (bicyclic) bond motifs is 2. The van der Waals surface area contributed by atoms with E-state index < -0.39 is 0 Å². The van der Waals surface area contributed by atoms with Gasteiger partial charge < -0.3 is 4.74 Å². The number of halogens is 2. The van der Waals surface area contributed by atoms with Crippen LogP contribution in [-0.4, -0.2) is 29.6 Å². The normalized spacial score (nSPS) is 24.1. The van der Waals surface area contributed by atoms with Crippen LogP contribution < -0.4 is 0 Å². The highest BCUT2D eigenvalue weighted by molar-refractivity contribution is 6.32. The number of aryl methyl sites for hydroxylation is 1. The first-order chi connectivity index (χ1) is 11.2. The number of rotatable bonds is 2. The van der Waals surface area contributed by atoms with Crippen molar-refractivity contribution in [3.63, 3.8) is 0 Å². The summed E-state index contributed by atoms with van der Waals surface area (Å²) >= 11 is 12.1. The van der Waals surface area contributed by atoms with E-state index in [0.29, 0.717) is 10.3 Å². The molecule has 1 saturated heterocycles. The Balaban J connectivity index is 1.56. The number of pyridine rings is 1. The Bertz CT molecular complexity index is 733. The molecule has 1 spiro atoms. The second-order valence-corrected chi connectivity index (χ2v) is 7.04. The molecule has 1 aromatic heterocycles. The number of hydrogen-bond acceptors (Lipinski definition) is 3. The highest BCUT2D eigenvalue weighted by atomic mass is 35.5. The van der Waals surface area contributed by atoms with Crippen molar-refractivity contribution in [1.29, 1.82) is 0 Å². The van der Waals surface area contributed by atoms with Gasteiger partial charge >= 0.3 is 0 Å². The van der Waals surface area contributed by atoms with Gasteiger partial charge in [-0.05, 0) is 30.0 Å². The Kier molecular flexibility index (Phi) is 4.06. The lowest BCUT2D eigenvalue weighted by Gasteiger charge is -2.41. The van der Waals surface area contributed by atoms with Crippen molar-refractivity contribution in [3.8, 4) is 0 Å². The summed E-state index contributed by atoms with van der Waals surface area (Å²) in [6.07, 6.45) is 2.14. The van der Waals surface area contributed by atoms with E-state index in [9.17, 15) is 0 Å². The fourth-order valence-corrected chi connectivity index (χ4v) is 4.16. The van der Waals surface area contributed by atoms with Crippen molar-refractivity contribution >= 4 is 23.2 Å². The van der Waals surface area contributed by atoms with Gasteiger partial charge in [-0.25, -0.2) is 4.98 Å². The molecular formula is C18H18Cl2N2O. The third kappa shape index (κ3) is 2.87. The Hall–Kier alpha value is -1.13. The van der Waals surface area contributed by atoms with Crippen molar-refractivity contribution in [2.75, 3.05) is 19.7 Å². The molecule has 0 radical (unpaired) electrons. The third-order valence-electron chi connectivity index (χ3n) is 4.86. The van der Waals surface area contributed by atoms with Gasteiger partial charge in [0.25, 0.3) is 0 Å². The minimum absolute atomic E-state index is 0.166. The van der Waals surface area contributed by atoms with Crippen LogP contribution >= 0.6 is 23.2 Å². The Labute approximate surface area is 146 Å². The van der Waals surface area contributed by atoms with E-state index in [0.717, 1.165) is 44.6 Å². The van der Waals surface area contributed by atoms with E-state index in [1.165, 1.54) is 11.1 Å². The molecule has 2 heterocycles. The number of morpholine rings is 1.